The highest BCUT2D eigenvalue weighted by molar-refractivity contribution is 6.30. The molecule has 6 heteroatoms. The molecule has 0 saturated heterocycles. The minimum absolute atomic E-state index is 0.554. The molecule has 0 radical (unpaired) electrons. The Hall–Kier alpha value is -1.72. The quantitative estimate of drug-likeness (QED) is 0.836. The van der Waals surface area contributed by atoms with Gasteiger partial charge in [0.05, 0.1) is 0 Å². The molecule has 1 aliphatic heterocycles. The lowest BCUT2D eigenvalue weighted by Gasteiger charge is -2.22. The second-order valence-corrected chi connectivity index (χ2v) is 4.80. The number of anilines is 1. The molecule has 19 heavy (non-hydrogen) atoms. The molecule has 0 spiro atoms. The first-order valence-electron chi connectivity index (χ1n) is 6.00. The Bertz CT molecular complexity index is 473. The summed E-state index contributed by atoms with van der Waals surface area (Å²) in [4.78, 5) is 18.6. The average molecular weight is 282 g/mol. The predicted octanol–water partition coefficient (Wildman–Crippen LogP) is 2.61. The van der Waals surface area contributed by atoms with Crippen LogP contribution in [0.3, 0.4) is 0 Å². The largest absolute Gasteiger partial charge is 0.435 e. The smallest absolute Gasteiger partial charge is 0.324 e. The van der Waals surface area contributed by atoms with Gasteiger partial charge in [0.25, 0.3) is 0 Å². The molecular weight excluding hydrogens is 266 g/mol. The van der Waals surface area contributed by atoms with Crippen LogP contribution < -0.4 is 10.8 Å². The van der Waals surface area contributed by atoms with Crippen LogP contribution in [0.25, 0.3) is 0 Å². The van der Waals surface area contributed by atoms with Crippen LogP contribution in [0.1, 0.15) is 6.42 Å². The van der Waals surface area contributed by atoms with Crippen molar-refractivity contribution in [1.82, 2.24) is 10.4 Å². The summed E-state index contributed by atoms with van der Waals surface area (Å²) in [6, 6.07) is 6.81. The normalized spacial score (nSPS) is 15.6. The zero-order chi connectivity index (χ0) is 13.7. The van der Waals surface area contributed by atoms with Crippen LogP contribution in [0.4, 0.5) is 10.5 Å². The van der Waals surface area contributed by atoms with Crippen molar-refractivity contribution in [2.24, 2.45) is 0 Å². The van der Waals surface area contributed by atoms with Gasteiger partial charge in [-0.05, 0) is 37.4 Å². The van der Waals surface area contributed by atoms with Crippen LogP contribution in [-0.2, 0) is 4.84 Å². The highest BCUT2D eigenvalue weighted by Gasteiger charge is 2.09. The van der Waals surface area contributed by atoms with E-state index in [0.717, 1.165) is 25.2 Å². The zero-order valence-corrected chi connectivity index (χ0v) is 11.4. The van der Waals surface area contributed by atoms with Gasteiger partial charge in [-0.1, -0.05) is 11.6 Å². The van der Waals surface area contributed by atoms with Crippen LogP contribution in [0, 0.1) is 0 Å². The van der Waals surface area contributed by atoms with Gasteiger partial charge in [0.1, 0.15) is 0 Å². The number of hydrogen-bond donors (Lipinski definition) is 2. The fourth-order valence-electron chi connectivity index (χ4n) is 1.65. The third kappa shape index (κ3) is 4.46. The fraction of sp³-hybridized carbons (Fsp3) is 0.308. The zero-order valence-electron chi connectivity index (χ0n) is 10.6. The van der Waals surface area contributed by atoms with Gasteiger partial charge in [-0.2, -0.15) is 0 Å². The molecule has 1 aromatic rings. The summed E-state index contributed by atoms with van der Waals surface area (Å²) in [5.74, 6) is 0. The number of carbonyl (C=O) groups is 1. The molecular formula is C13H16ClN3O2. The standard InChI is InChI=1S/C13H16ClN3O2/c1-17-8-6-12(7-9-17)16-19-13(18)15-11-4-2-10(14)3-5-11/h2-6,16H,7-9H2,1H3,(H,15,18). The first-order valence-corrected chi connectivity index (χ1v) is 6.38. The summed E-state index contributed by atoms with van der Waals surface area (Å²) >= 11 is 5.75. The topological polar surface area (TPSA) is 53.6 Å². The molecule has 2 rings (SSSR count). The van der Waals surface area contributed by atoms with Gasteiger partial charge in [0, 0.05) is 35.9 Å². The van der Waals surface area contributed by atoms with Crippen molar-refractivity contribution in [2.45, 2.75) is 6.42 Å². The predicted molar refractivity (Wildman–Crippen MR) is 74.9 cm³/mol. The Kier molecular flexibility index (Phi) is 4.65. The van der Waals surface area contributed by atoms with Gasteiger partial charge >= 0.3 is 6.09 Å². The first kappa shape index (κ1) is 13.7. The van der Waals surface area contributed by atoms with Crippen molar-refractivity contribution in [3.63, 3.8) is 0 Å². The van der Waals surface area contributed by atoms with Gasteiger partial charge in [-0.15, -0.1) is 0 Å². The Balaban J connectivity index is 1.77. The second-order valence-electron chi connectivity index (χ2n) is 4.37. The lowest BCUT2D eigenvalue weighted by molar-refractivity contribution is 0.115. The molecule has 0 aromatic heterocycles. The Morgan fingerprint density at radius 3 is 2.74 bits per heavy atom. The first-order chi connectivity index (χ1) is 9.13. The van der Waals surface area contributed by atoms with Gasteiger partial charge in [0.2, 0.25) is 0 Å². The number of hydroxylamine groups is 1. The SMILES string of the molecule is CN1CC=C(NOC(=O)Nc2ccc(Cl)cc2)CC1. The third-order valence-electron chi connectivity index (χ3n) is 2.78. The maximum atomic E-state index is 11.5. The summed E-state index contributed by atoms with van der Waals surface area (Å²) in [7, 11) is 2.04. The van der Waals surface area contributed by atoms with E-state index in [4.69, 9.17) is 16.4 Å². The van der Waals surface area contributed by atoms with Crippen LogP contribution in [0.2, 0.25) is 5.02 Å². The van der Waals surface area contributed by atoms with Crippen molar-refractivity contribution in [2.75, 3.05) is 25.5 Å². The monoisotopic (exact) mass is 281 g/mol. The van der Waals surface area contributed by atoms with Crippen molar-refractivity contribution >= 4 is 23.4 Å². The number of nitrogens with one attached hydrogen (secondary N) is 2. The summed E-state index contributed by atoms with van der Waals surface area (Å²) in [6.45, 7) is 1.80. The number of halogens is 1. The minimum atomic E-state index is -0.554. The average Bonchev–Trinajstić information content (AvgIpc) is 2.41. The third-order valence-corrected chi connectivity index (χ3v) is 3.03. The molecule has 1 aromatic carbocycles. The van der Waals surface area contributed by atoms with E-state index >= 15 is 0 Å². The number of nitrogens with zero attached hydrogens (tertiary/aromatic N) is 1. The molecule has 0 fully saturated rings. The number of hydrogen-bond acceptors (Lipinski definition) is 4. The van der Waals surface area contributed by atoms with E-state index in [0.29, 0.717) is 10.7 Å². The molecule has 2 N–H and O–H groups in total. The van der Waals surface area contributed by atoms with Crippen molar-refractivity contribution in [3.05, 3.63) is 41.1 Å². The Morgan fingerprint density at radius 2 is 2.11 bits per heavy atom. The lowest BCUT2D eigenvalue weighted by Crippen LogP contribution is -2.30. The molecule has 0 unspecified atom stereocenters. The van der Waals surface area contributed by atoms with Crippen molar-refractivity contribution in [3.8, 4) is 0 Å². The Morgan fingerprint density at radius 1 is 1.37 bits per heavy atom. The van der Waals surface area contributed by atoms with Gasteiger partial charge in [-0.3, -0.25) is 5.32 Å². The van der Waals surface area contributed by atoms with Gasteiger partial charge in [0.15, 0.2) is 0 Å². The molecule has 1 aliphatic rings. The maximum Gasteiger partial charge on any atom is 0.435 e. The lowest BCUT2D eigenvalue weighted by atomic mass is 10.2. The molecule has 0 bridgehead atoms. The second kappa shape index (κ2) is 6.45. The summed E-state index contributed by atoms with van der Waals surface area (Å²) < 4.78 is 0. The summed E-state index contributed by atoms with van der Waals surface area (Å²) in [6.07, 6.45) is 2.28. The minimum Gasteiger partial charge on any atom is -0.324 e. The molecule has 0 saturated carbocycles. The van der Waals surface area contributed by atoms with E-state index in [-0.39, 0.29) is 0 Å². The van der Waals surface area contributed by atoms with E-state index in [2.05, 4.69) is 15.7 Å². The van der Waals surface area contributed by atoms with E-state index in [1.54, 1.807) is 24.3 Å². The van der Waals surface area contributed by atoms with E-state index in [9.17, 15) is 4.79 Å². The summed E-state index contributed by atoms with van der Waals surface area (Å²) in [5, 5.41) is 3.22. The number of amides is 1. The molecule has 1 amide bonds. The van der Waals surface area contributed by atoms with E-state index in [1.165, 1.54) is 0 Å². The molecule has 1 heterocycles. The van der Waals surface area contributed by atoms with Gasteiger partial charge in [-0.25, -0.2) is 10.3 Å². The highest BCUT2D eigenvalue weighted by atomic mass is 35.5. The number of carbonyl (C=O) groups excluding carboxylic acids is 1. The van der Waals surface area contributed by atoms with Crippen LogP contribution in [0.15, 0.2) is 36.0 Å². The van der Waals surface area contributed by atoms with Crippen LogP contribution in [-0.4, -0.2) is 31.1 Å². The molecule has 0 aliphatic carbocycles. The maximum absolute atomic E-state index is 11.5. The van der Waals surface area contributed by atoms with E-state index < -0.39 is 6.09 Å². The molecule has 102 valence electrons. The van der Waals surface area contributed by atoms with Crippen molar-refractivity contribution in [1.29, 1.82) is 0 Å². The van der Waals surface area contributed by atoms with Crippen molar-refractivity contribution < 1.29 is 9.63 Å². The van der Waals surface area contributed by atoms with Crippen LogP contribution in [0.5, 0.6) is 0 Å². The number of likely N-dealkylation sites (N-methyl/N-ethyl adjacent to an activating group) is 1. The fourth-order valence-corrected chi connectivity index (χ4v) is 1.78. The van der Waals surface area contributed by atoms with Crippen LogP contribution >= 0.6 is 11.6 Å². The Labute approximate surface area is 117 Å². The van der Waals surface area contributed by atoms with E-state index in [1.807, 2.05) is 13.1 Å². The highest BCUT2D eigenvalue weighted by Crippen LogP contribution is 2.13. The number of benzene rings is 1. The van der Waals surface area contributed by atoms with Gasteiger partial charge < -0.3 is 9.74 Å². The summed E-state index contributed by atoms with van der Waals surface area (Å²) in [5.41, 5.74) is 4.22. The molecule has 0 atom stereocenters. The number of rotatable bonds is 3. The molecule has 5 nitrogen and oxygen atoms in total.